The van der Waals surface area contributed by atoms with E-state index in [4.69, 9.17) is 5.73 Å². The van der Waals surface area contributed by atoms with Crippen LogP contribution in [0.2, 0.25) is 0 Å². The Morgan fingerprint density at radius 3 is 2.10 bits per heavy atom. The molecule has 3 aromatic rings. The van der Waals surface area contributed by atoms with Crippen LogP contribution in [0.15, 0.2) is 66.0 Å². The first-order valence-electron chi connectivity index (χ1n) is 14.5. The Bertz CT molecular complexity index is 1220. The Morgan fingerprint density at radius 1 is 0.976 bits per heavy atom. The number of aliphatic hydroxyl groups is 1. The number of hydrogen-bond donors (Lipinski definition) is 3. The first-order chi connectivity index (χ1) is 19.5. The summed E-state index contributed by atoms with van der Waals surface area (Å²) in [7, 11) is 1.72. The Balaban J connectivity index is 1.66. The van der Waals surface area contributed by atoms with E-state index in [0.29, 0.717) is 31.7 Å². The molecule has 8 heteroatoms. The van der Waals surface area contributed by atoms with Crippen LogP contribution in [-0.4, -0.2) is 52.0 Å². The molecule has 1 heterocycles. The maximum absolute atomic E-state index is 13.7. The molecule has 0 unspecified atom stereocenters. The lowest BCUT2D eigenvalue weighted by atomic mass is 9.84. The van der Waals surface area contributed by atoms with Crippen LogP contribution in [0.25, 0.3) is 0 Å². The number of nitrogens with one attached hydrogen (secondary N) is 1. The third kappa shape index (κ3) is 10.4. The summed E-state index contributed by atoms with van der Waals surface area (Å²) in [5.74, 6) is 0.0877. The first kappa shape index (κ1) is 32.4. The Labute approximate surface area is 249 Å². The number of nitrogens with zero attached hydrogens (tertiary/aromatic N) is 2. The number of amides is 2. The number of Topliss-reactive ketones (excluding diaryl/α,β-unsaturated/α-hetero) is 1. The molecule has 222 valence electrons. The van der Waals surface area contributed by atoms with E-state index >= 15 is 0 Å². The molecular weight excluding hydrogens is 532 g/mol. The van der Waals surface area contributed by atoms with Crippen LogP contribution in [-0.2, 0) is 24.2 Å². The highest BCUT2D eigenvalue weighted by Gasteiger charge is 2.30. The molecule has 41 heavy (non-hydrogen) atoms. The zero-order valence-corrected chi connectivity index (χ0v) is 25.8. The smallest absolute Gasteiger partial charge is 0.318 e. The van der Waals surface area contributed by atoms with Gasteiger partial charge in [0.1, 0.15) is 0 Å². The van der Waals surface area contributed by atoms with E-state index in [1.165, 1.54) is 0 Å². The van der Waals surface area contributed by atoms with E-state index in [0.717, 1.165) is 21.8 Å². The van der Waals surface area contributed by atoms with Crippen molar-refractivity contribution in [3.8, 4) is 0 Å². The topological polar surface area (TPSA) is 109 Å². The van der Waals surface area contributed by atoms with Gasteiger partial charge in [0.15, 0.2) is 5.78 Å². The minimum atomic E-state index is -0.760. The molecule has 0 aliphatic rings. The maximum atomic E-state index is 13.7. The highest BCUT2D eigenvalue weighted by Crippen LogP contribution is 2.23. The average Bonchev–Trinajstić information content (AvgIpc) is 3.41. The molecule has 0 radical (unpaired) electrons. The number of nitrogens with two attached hydrogens (primary N) is 1. The molecule has 3 rings (SSSR count). The number of aromatic nitrogens is 1. The lowest BCUT2D eigenvalue weighted by Gasteiger charge is -2.28. The summed E-state index contributed by atoms with van der Waals surface area (Å²) in [5.41, 5.74) is 9.42. The van der Waals surface area contributed by atoms with Crippen molar-refractivity contribution in [3.63, 3.8) is 0 Å². The molecule has 2 amide bonds. The third-order valence-corrected chi connectivity index (χ3v) is 8.54. The van der Waals surface area contributed by atoms with Crippen LogP contribution in [0.1, 0.15) is 68.3 Å². The fraction of sp³-hybridized carbons (Fsp3) is 0.485. The van der Waals surface area contributed by atoms with Gasteiger partial charge in [-0.05, 0) is 42.2 Å². The quantitative estimate of drug-likeness (QED) is 0.218. The maximum Gasteiger partial charge on any atom is 0.318 e. The summed E-state index contributed by atoms with van der Waals surface area (Å²) < 4.78 is 0. The second kappa shape index (κ2) is 15.8. The highest BCUT2D eigenvalue weighted by atomic mass is 32.1. The SMILES string of the molecule is CC(C)c1nc(CN(C)C(=O)N[C@H](C(=O)C[C@@H](Cc2ccccc2)C[C@H](O)[C@@H](N)Cc2ccccc2)C(C)C)cs1. The van der Waals surface area contributed by atoms with Gasteiger partial charge >= 0.3 is 6.03 Å². The Kier molecular flexibility index (Phi) is 12.5. The van der Waals surface area contributed by atoms with E-state index in [-0.39, 0.29) is 30.1 Å². The van der Waals surface area contributed by atoms with E-state index < -0.39 is 18.2 Å². The van der Waals surface area contributed by atoms with Crippen LogP contribution in [0.3, 0.4) is 0 Å². The standard InChI is InChI=1S/C33H46N4O3S/c1-22(2)31(36-33(40)37(5)20-27-21-41-32(35-27)23(3)4)30(39)19-26(16-24-12-8-6-9-13-24)18-29(38)28(34)17-25-14-10-7-11-15-25/h6-15,21-23,26,28-29,31,38H,16-20,34H2,1-5H3,(H,36,40)/t26-,28-,29-,31-/m0/s1. The fourth-order valence-corrected chi connectivity index (χ4v) is 5.80. The van der Waals surface area contributed by atoms with Crippen LogP contribution < -0.4 is 11.1 Å². The predicted octanol–water partition coefficient (Wildman–Crippen LogP) is 5.57. The molecule has 0 aliphatic heterocycles. The molecule has 0 saturated carbocycles. The predicted molar refractivity (Wildman–Crippen MR) is 167 cm³/mol. The summed E-state index contributed by atoms with van der Waals surface area (Å²) in [6, 6.07) is 18.5. The zero-order chi connectivity index (χ0) is 29.9. The highest BCUT2D eigenvalue weighted by molar-refractivity contribution is 7.09. The molecule has 7 nitrogen and oxygen atoms in total. The number of urea groups is 1. The first-order valence-corrected chi connectivity index (χ1v) is 15.4. The van der Waals surface area contributed by atoms with Crippen LogP contribution in [0.4, 0.5) is 4.79 Å². The molecule has 0 spiro atoms. The summed E-state index contributed by atoms with van der Waals surface area (Å²) in [6.45, 7) is 8.44. The summed E-state index contributed by atoms with van der Waals surface area (Å²) in [4.78, 5) is 33.0. The van der Waals surface area contributed by atoms with Gasteiger partial charge in [-0.25, -0.2) is 9.78 Å². The van der Waals surface area contributed by atoms with Crippen molar-refractivity contribution in [2.24, 2.45) is 17.6 Å². The van der Waals surface area contributed by atoms with Gasteiger partial charge in [-0.1, -0.05) is 88.4 Å². The van der Waals surface area contributed by atoms with Crippen molar-refractivity contribution in [1.82, 2.24) is 15.2 Å². The van der Waals surface area contributed by atoms with Gasteiger partial charge in [0.2, 0.25) is 0 Å². The number of rotatable bonds is 15. The summed E-state index contributed by atoms with van der Waals surface area (Å²) in [6.07, 6.45) is 1.07. The van der Waals surface area contributed by atoms with E-state index in [1.54, 1.807) is 23.3 Å². The molecular formula is C33H46N4O3S. The molecule has 0 saturated heterocycles. The second-order valence-corrected chi connectivity index (χ2v) is 12.6. The number of carbonyl (C=O) groups excluding carboxylic acids is 2. The third-order valence-electron chi connectivity index (χ3n) is 7.34. The molecule has 0 bridgehead atoms. The summed E-state index contributed by atoms with van der Waals surface area (Å²) >= 11 is 1.60. The molecule has 4 atom stereocenters. The number of aliphatic hydroxyl groups excluding tert-OH is 1. The van der Waals surface area contributed by atoms with Gasteiger partial charge in [-0.2, -0.15) is 0 Å². The van der Waals surface area contributed by atoms with E-state index in [1.807, 2.05) is 79.9 Å². The molecule has 1 aromatic heterocycles. The molecule has 0 aliphatic carbocycles. The number of ketones is 1. The van der Waals surface area contributed by atoms with E-state index in [9.17, 15) is 14.7 Å². The minimum Gasteiger partial charge on any atom is -0.391 e. The fourth-order valence-electron chi connectivity index (χ4n) is 4.97. The van der Waals surface area contributed by atoms with Gasteiger partial charge in [-0.15, -0.1) is 11.3 Å². The second-order valence-electron chi connectivity index (χ2n) is 11.7. The normalized spacial score (nSPS) is 14.5. The van der Waals surface area contributed by atoms with Crippen molar-refractivity contribution in [3.05, 3.63) is 87.9 Å². The van der Waals surface area contributed by atoms with Gasteiger partial charge in [0.05, 0.1) is 29.4 Å². The Morgan fingerprint density at radius 2 is 1.56 bits per heavy atom. The van der Waals surface area contributed by atoms with Crippen LogP contribution >= 0.6 is 11.3 Å². The van der Waals surface area contributed by atoms with Crippen LogP contribution in [0, 0.1) is 11.8 Å². The summed E-state index contributed by atoms with van der Waals surface area (Å²) in [5, 5.41) is 17.1. The number of thiazole rings is 1. The lowest BCUT2D eigenvalue weighted by Crippen LogP contribution is -2.49. The van der Waals surface area contributed by atoms with Gasteiger partial charge in [-0.3, -0.25) is 4.79 Å². The number of carbonyl (C=O) groups is 2. The zero-order valence-electron chi connectivity index (χ0n) is 25.0. The minimum absolute atomic E-state index is 0.0396. The number of hydrogen-bond acceptors (Lipinski definition) is 6. The van der Waals surface area contributed by atoms with Crippen molar-refractivity contribution in [2.75, 3.05) is 7.05 Å². The van der Waals surface area contributed by atoms with Crippen LogP contribution in [0.5, 0.6) is 0 Å². The van der Waals surface area contributed by atoms with E-state index in [2.05, 4.69) is 24.1 Å². The van der Waals surface area contributed by atoms with Gasteiger partial charge < -0.3 is 21.1 Å². The monoisotopic (exact) mass is 578 g/mol. The lowest BCUT2D eigenvalue weighted by molar-refractivity contribution is -0.123. The molecule has 2 aromatic carbocycles. The van der Waals surface area contributed by atoms with Crippen molar-refractivity contribution in [2.45, 2.75) is 84.0 Å². The molecule has 4 N–H and O–H groups in total. The van der Waals surface area contributed by atoms with Gasteiger partial charge in [0, 0.05) is 30.8 Å². The van der Waals surface area contributed by atoms with Crippen molar-refractivity contribution in [1.29, 1.82) is 0 Å². The molecule has 0 fully saturated rings. The van der Waals surface area contributed by atoms with Crippen molar-refractivity contribution < 1.29 is 14.7 Å². The average molecular weight is 579 g/mol. The van der Waals surface area contributed by atoms with Gasteiger partial charge in [0.25, 0.3) is 0 Å². The Hall–Kier alpha value is -3.07. The largest absolute Gasteiger partial charge is 0.391 e. The number of benzene rings is 2. The van der Waals surface area contributed by atoms with Crippen molar-refractivity contribution >= 4 is 23.2 Å².